The Morgan fingerprint density at radius 1 is 0.906 bits per heavy atom. The quantitative estimate of drug-likeness (QED) is 0.339. The number of aliphatic carboxylic acids is 1. The molecule has 0 aliphatic heterocycles. The molecule has 3 aromatic carbocycles. The first-order chi connectivity index (χ1) is 15.3. The van der Waals surface area contributed by atoms with E-state index in [1.807, 2.05) is 54.6 Å². The van der Waals surface area contributed by atoms with Crippen LogP contribution in [0.25, 0.3) is 5.57 Å². The number of benzene rings is 3. The van der Waals surface area contributed by atoms with E-state index in [2.05, 4.69) is 6.08 Å². The van der Waals surface area contributed by atoms with Crippen LogP contribution in [-0.4, -0.2) is 38.1 Å². The SMILES string of the molecule is CS(=O)(=O)Oc1ccc(/C(=C/CSc2ccc(OCC(=O)O)cc2)c2ccccc2)cc1. The highest BCUT2D eigenvalue weighted by Crippen LogP contribution is 2.28. The van der Waals surface area contributed by atoms with E-state index < -0.39 is 16.1 Å². The fourth-order valence-corrected chi connectivity index (χ4v) is 4.11. The number of carboxylic acids is 1. The Kier molecular flexibility index (Phi) is 7.97. The zero-order valence-corrected chi connectivity index (χ0v) is 18.9. The van der Waals surface area contributed by atoms with E-state index in [0.717, 1.165) is 27.9 Å². The van der Waals surface area contributed by atoms with Crippen molar-refractivity contribution in [3.8, 4) is 11.5 Å². The normalized spacial score (nSPS) is 11.7. The topological polar surface area (TPSA) is 89.9 Å². The molecule has 0 spiro atoms. The van der Waals surface area contributed by atoms with Crippen molar-refractivity contribution in [2.45, 2.75) is 4.90 Å². The van der Waals surface area contributed by atoms with Crippen molar-refractivity contribution in [3.63, 3.8) is 0 Å². The van der Waals surface area contributed by atoms with Crippen molar-refractivity contribution in [3.05, 3.63) is 96.1 Å². The van der Waals surface area contributed by atoms with Gasteiger partial charge in [-0.15, -0.1) is 11.8 Å². The summed E-state index contributed by atoms with van der Waals surface area (Å²) in [5.74, 6) is 0.455. The van der Waals surface area contributed by atoms with Gasteiger partial charge in [0.2, 0.25) is 0 Å². The fourth-order valence-electron chi connectivity index (χ4n) is 2.88. The molecule has 3 aromatic rings. The molecule has 0 saturated carbocycles. The predicted molar refractivity (Wildman–Crippen MR) is 126 cm³/mol. The first kappa shape index (κ1) is 23.4. The second-order valence-electron chi connectivity index (χ2n) is 6.76. The minimum atomic E-state index is -3.57. The number of carbonyl (C=O) groups is 1. The zero-order chi connectivity index (χ0) is 23.0. The number of carboxylic acid groups (broad SMARTS) is 1. The summed E-state index contributed by atoms with van der Waals surface area (Å²) in [5.41, 5.74) is 3.00. The highest BCUT2D eigenvalue weighted by Gasteiger charge is 2.08. The van der Waals surface area contributed by atoms with Crippen LogP contribution in [-0.2, 0) is 14.9 Å². The predicted octanol–water partition coefficient (Wildman–Crippen LogP) is 4.71. The molecule has 0 radical (unpaired) electrons. The molecule has 0 fully saturated rings. The van der Waals surface area contributed by atoms with Gasteiger partial charge in [0.25, 0.3) is 0 Å². The second-order valence-corrected chi connectivity index (χ2v) is 9.43. The van der Waals surface area contributed by atoms with Crippen molar-refractivity contribution >= 4 is 33.4 Å². The summed E-state index contributed by atoms with van der Waals surface area (Å²) in [7, 11) is -3.57. The summed E-state index contributed by atoms with van der Waals surface area (Å²) in [6.07, 6.45) is 3.12. The second kappa shape index (κ2) is 10.9. The molecule has 0 unspecified atom stereocenters. The standard InChI is InChI=1S/C24H22O6S2/c1-32(27,28)30-21-9-7-19(8-10-21)23(18-5-3-2-4-6-18)15-16-31-22-13-11-20(12-14-22)29-17-24(25)26/h2-15H,16-17H2,1H3,(H,25,26)/b23-15+. The third kappa shape index (κ3) is 7.47. The van der Waals surface area contributed by atoms with Gasteiger partial charge in [-0.2, -0.15) is 8.42 Å². The molecule has 0 bridgehead atoms. The lowest BCUT2D eigenvalue weighted by Gasteiger charge is -2.10. The first-order valence-electron chi connectivity index (χ1n) is 9.63. The van der Waals surface area contributed by atoms with Crippen LogP contribution in [0, 0.1) is 0 Å². The number of hydrogen-bond acceptors (Lipinski definition) is 6. The van der Waals surface area contributed by atoms with Gasteiger partial charge < -0.3 is 14.0 Å². The van der Waals surface area contributed by atoms with Gasteiger partial charge in [0.15, 0.2) is 6.61 Å². The maximum Gasteiger partial charge on any atom is 0.341 e. The number of thioether (sulfide) groups is 1. The molecule has 0 saturated heterocycles. The minimum Gasteiger partial charge on any atom is -0.482 e. The summed E-state index contributed by atoms with van der Waals surface area (Å²) in [6.45, 7) is -0.371. The van der Waals surface area contributed by atoms with E-state index in [-0.39, 0.29) is 12.4 Å². The third-order valence-electron chi connectivity index (χ3n) is 4.22. The van der Waals surface area contributed by atoms with E-state index in [1.54, 1.807) is 36.0 Å². The average molecular weight is 471 g/mol. The largest absolute Gasteiger partial charge is 0.482 e. The van der Waals surface area contributed by atoms with Crippen LogP contribution in [0.15, 0.2) is 89.8 Å². The molecule has 1 N–H and O–H groups in total. The lowest BCUT2D eigenvalue weighted by molar-refractivity contribution is -0.139. The minimum absolute atomic E-state index is 0.267. The van der Waals surface area contributed by atoms with E-state index in [9.17, 15) is 13.2 Å². The molecule has 3 rings (SSSR count). The Balaban J connectivity index is 1.74. The van der Waals surface area contributed by atoms with Crippen molar-refractivity contribution in [1.82, 2.24) is 0 Å². The van der Waals surface area contributed by atoms with Crippen molar-refractivity contribution < 1.29 is 27.2 Å². The van der Waals surface area contributed by atoms with Crippen LogP contribution in [0.5, 0.6) is 11.5 Å². The summed E-state index contributed by atoms with van der Waals surface area (Å²) in [6, 6.07) is 24.1. The van der Waals surface area contributed by atoms with E-state index in [0.29, 0.717) is 11.5 Å². The van der Waals surface area contributed by atoms with Gasteiger partial charge in [-0.3, -0.25) is 0 Å². The molecule has 166 valence electrons. The molecule has 0 aliphatic carbocycles. The molecular formula is C24H22O6S2. The lowest BCUT2D eigenvalue weighted by Crippen LogP contribution is -2.09. The van der Waals surface area contributed by atoms with Crippen LogP contribution in [0.2, 0.25) is 0 Å². The smallest absolute Gasteiger partial charge is 0.341 e. The molecule has 6 nitrogen and oxygen atoms in total. The van der Waals surface area contributed by atoms with Crippen LogP contribution < -0.4 is 8.92 Å². The Morgan fingerprint density at radius 2 is 1.50 bits per heavy atom. The summed E-state index contributed by atoms with van der Waals surface area (Å²) < 4.78 is 32.7. The average Bonchev–Trinajstić information content (AvgIpc) is 2.76. The maximum atomic E-state index is 11.3. The molecule has 0 heterocycles. The van der Waals surface area contributed by atoms with E-state index >= 15 is 0 Å². The summed E-state index contributed by atoms with van der Waals surface area (Å²) in [5, 5.41) is 8.68. The number of rotatable bonds is 10. The van der Waals surface area contributed by atoms with Gasteiger partial charge >= 0.3 is 16.1 Å². The van der Waals surface area contributed by atoms with Gasteiger partial charge in [-0.05, 0) is 53.1 Å². The Hall–Kier alpha value is -3.23. The fraction of sp³-hybridized carbons (Fsp3) is 0.125. The third-order valence-corrected chi connectivity index (χ3v) is 5.66. The highest BCUT2D eigenvalue weighted by atomic mass is 32.2. The van der Waals surface area contributed by atoms with E-state index in [4.69, 9.17) is 14.0 Å². The molecule has 0 amide bonds. The molecule has 0 aromatic heterocycles. The van der Waals surface area contributed by atoms with Crippen molar-refractivity contribution in [1.29, 1.82) is 0 Å². The van der Waals surface area contributed by atoms with Gasteiger partial charge in [-0.1, -0.05) is 48.5 Å². The molecule has 8 heteroatoms. The maximum absolute atomic E-state index is 11.3. The van der Waals surface area contributed by atoms with Crippen LogP contribution in [0.1, 0.15) is 11.1 Å². The molecule has 0 aliphatic rings. The summed E-state index contributed by atoms with van der Waals surface area (Å²) in [4.78, 5) is 11.6. The lowest BCUT2D eigenvalue weighted by atomic mass is 9.98. The van der Waals surface area contributed by atoms with E-state index in [1.165, 1.54) is 0 Å². The van der Waals surface area contributed by atoms with Crippen LogP contribution >= 0.6 is 11.8 Å². The summed E-state index contributed by atoms with van der Waals surface area (Å²) >= 11 is 1.63. The van der Waals surface area contributed by atoms with Crippen molar-refractivity contribution in [2.75, 3.05) is 18.6 Å². The highest BCUT2D eigenvalue weighted by molar-refractivity contribution is 7.99. The molecule has 32 heavy (non-hydrogen) atoms. The van der Waals surface area contributed by atoms with Gasteiger partial charge in [0.1, 0.15) is 11.5 Å². The first-order valence-corrected chi connectivity index (χ1v) is 12.4. The van der Waals surface area contributed by atoms with Crippen LogP contribution in [0.3, 0.4) is 0 Å². The number of hydrogen-bond donors (Lipinski definition) is 1. The Bertz CT molecular complexity index is 1170. The monoisotopic (exact) mass is 470 g/mol. The van der Waals surface area contributed by atoms with Crippen LogP contribution in [0.4, 0.5) is 0 Å². The Labute approximate surface area is 191 Å². The molecular weight excluding hydrogens is 448 g/mol. The molecule has 0 atom stereocenters. The van der Waals surface area contributed by atoms with Gasteiger partial charge in [0, 0.05) is 10.6 Å². The van der Waals surface area contributed by atoms with Gasteiger partial charge in [-0.25, -0.2) is 4.79 Å². The van der Waals surface area contributed by atoms with Crippen molar-refractivity contribution in [2.24, 2.45) is 0 Å². The van der Waals surface area contributed by atoms with Gasteiger partial charge in [0.05, 0.1) is 6.26 Å². The Morgan fingerprint density at radius 3 is 2.09 bits per heavy atom. The number of ether oxygens (including phenoxy) is 1. The zero-order valence-electron chi connectivity index (χ0n) is 17.3.